The zero-order valence-corrected chi connectivity index (χ0v) is 15.6. The van der Waals surface area contributed by atoms with Crippen molar-refractivity contribution in [1.29, 1.82) is 0 Å². The number of anilines is 4. The highest BCUT2D eigenvalue weighted by molar-refractivity contribution is 6.31. The van der Waals surface area contributed by atoms with E-state index in [2.05, 4.69) is 38.8 Å². The van der Waals surface area contributed by atoms with E-state index in [1.807, 2.05) is 31.2 Å². The van der Waals surface area contributed by atoms with Crippen molar-refractivity contribution in [3.05, 3.63) is 58.7 Å². The third kappa shape index (κ3) is 4.03. The van der Waals surface area contributed by atoms with Crippen molar-refractivity contribution < 1.29 is 4.74 Å². The molecule has 0 amide bonds. The van der Waals surface area contributed by atoms with E-state index in [9.17, 15) is 0 Å². The number of ether oxygens (including phenoxy) is 1. The molecule has 0 radical (unpaired) electrons. The Hall–Kier alpha value is -2.86. The van der Waals surface area contributed by atoms with Crippen molar-refractivity contribution in [1.82, 2.24) is 15.2 Å². The average Bonchev–Trinajstić information content (AvgIpc) is 2.65. The summed E-state index contributed by atoms with van der Waals surface area (Å²) in [6.45, 7) is 4.03. The molecule has 0 atom stereocenters. The molecule has 0 bridgehead atoms. The van der Waals surface area contributed by atoms with Crippen molar-refractivity contribution in [2.24, 2.45) is 0 Å². The van der Waals surface area contributed by atoms with E-state index in [1.54, 1.807) is 19.4 Å². The first kappa shape index (κ1) is 17.9. The molecule has 1 aromatic heterocycles. The van der Waals surface area contributed by atoms with Crippen LogP contribution in [0.1, 0.15) is 18.1 Å². The van der Waals surface area contributed by atoms with Gasteiger partial charge in [-0.15, -0.1) is 5.10 Å². The van der Waals surface area contributed by atoms with E-state index in [4.69, 9.17) is 16.3 Å². The highest BCUT2D eigenvalue weighted by Gasteiger charge is 2.10. The third-order valence-electron chi connectivity index (χ3n) is 3.95. The van der Waals surface area contributed by atoms with Gasteiger partial charge in [-0.05, 0) is 36.6 Å². The van der Waals surface area contributed by atoms with Gasteiger partial charge in [-0.3, -0.25) is 0 Å². The van der Waals surface area contributed by atoms with Crippen LogP contribution < -0.4 is 15.4 Å². The van der Waals surface area contributed by atoms with Crippen LogP contribution in [0, 0.1) is 6.92 Å². The van der Waals surface area contributed by atoms with Crippen LogP contribution in [0.3, 0.4) is 0 Å². The van der Waals surface area contributed by atoms with Crippen LogP contribution in [-0.4, -0.2) is 22.3 Å². The molecular weight excluding hydrogens is 350 g/mol. The van der Waals surface area contributed by atoms with Crippen LogP contribution in [0.4, 0.5) is 23.1 Å². The molecule has 0 saturated carbocycles. The third-order valence-corrected chi connectivity index (χ3v) is 4.35. The fraction of sp³-hybridized carbons (Fsp3) is 0.211. The summed E-state index contributed by atoms with van der Waals surface area (Å²) in [6, 6.07) is 11.7. The minimum atomic E-state index is 0.365. The van der Waals surface area contributed by atoms with Crippen molar-refractivity contribution in [2.45, 2.75) is 20.3 Å². The number of hydrogen-bond acceptors (Lipinski definition) is 6. The molecule has 0 saturated heterocycles. The molecule has 0 unspecified atom stereocenters. The Kier molecular flexibility index (Phi) is 5.53. The highest BCUT2D eigenvalue weighted by atomic mass is 35.5. The lowest BCUT2D eigenvalue weighted by Crippen LogP contribution is -2.04. The average molecular weight is 370 g/mol. The lowest BCUT2D eigenvalue weighted by molar-refractivity contribution is 0.416. The van der Waals surface area contributed by atoms with Gasteiger partial charge < -0.3 is 15.4 Å². The van der Waals surface area contributed by atoms with Crippen LogP contribution in [0.25, 0.3) is 0 Å². The monoisotopic (exact) mass is 369 g/mol. The second-order valence-electron chi connectivity index (χ2n) is 5.73. The Bertz CT molecular complexity index is 916. The molecule has 0 fully saturated rings. The van der Waals surface area contributed by atoms with E-state index in [1.165, 1.54) is 5.56 Å². The van der Waals surface area contributed by atoms with E-state index >= 15 is 0 Å². The fourth-order valence-corrected chi connectivity index (χ4v) is 2.71. The molecule has 0 spiro atoms. The van der Waals surface area contributed by atoms with Crippen LogP contribution in [0.5, 0.6) is 5.75 Å². The van der Waals surface area contributed by atoms with Crippen molar-refractivity contribution >= 4 is 34.7 Å². The Morgan fingerprint density at radius 3 is 2.69 bits per heavy atom. The van der Waals surface area contributed by atoms with Gasteiger partial charge in [-0.2, -0.15) is 10.1 Å². The van der Waals surface area contributed by atoms with Crippen LogP contribution in [0.15, 0.2) is 42.6 Å². The summed E-state index contributed by atoms with van der Waals surface area (Å²) >= 11 is 6.15. The predicted octanol–water partition coefficient (Wildman–Crippen LogP) is 4.89. The molecule has 134 valence electrons. The van der Waals surface area contributed by atoms with Crippen molar-refractivity contribution in [3.8, 4) is 5.75 Å². The smallest absolute Gasteiger partial charge is 0.249 e. The Morgan fingerprint density at radius 1 is 1.12 bits per heavy atom. The number of aromatic nitrogens is 3. The summed E-state index contributed by atoms with van der Waals surface area (Å²) in [7, 11) is 1.59. The number of hydrogen-bond donors (Lipinski definition) is 2. The molecule has 2 N–H and O–H groups in total. The Morgan fingerprint density at radius 2 is 1.92 bits per heavy atom. The van der Waals surface area contributed by atoms with Gasteiger partial charge in [0, 0.05) is 16.8 Å². The van der Waals surface area contributed by atoms with Gasteiger partial charge in [0.15, 0.2) is 5.82 Å². The standard InChI is InChI=1S/C19H20ClN5O/c1-4-13-7-5-6-8-15(13)22-18-11-21-25-19(24-18)23-16-9-12(2)14(20)10-17(16)26-3/h5-11H,4H2,1-3H3,(H2,22,23,24,25). The van der Waals surface area contributed by atoms with Gasteiger partial charge in [-0.25, -0.2) is 0 Å². The Balaban J connectivity index is 1.85. The van der Waals surface area contributed by atoms with E-state index in [0.717, 1.165) is 23.4 Å². The van der Waals surface area contributed by atoms with Crippen molar-refractivity contribution in [3.63, 3.8) is 0 Å². The first-order chi connectivity index (χ1) is 12.6. The topological polar surface area (TPSA) is 72.0 Å². The molecule has 1 heterocycles. The highest BCUT2D eigenvalue weighted by Crippen LogP contribution is 2.32. The maximum absolute atomic E-state index is 6.15. The molecule has 3 aromatic rings. The number of rotatable bonds is 6. The van der Waals surface area contributed by atoms with Gasteiger partial charge in [0.1, 0.15) is 5.75 Å². The number of halogens is 1. The van der Waals surface area contributed by atoms with E-state index in [-0.39, 0.29) is 0 Å². The zero-order valence-electron chi connectivity index (χ0n) is 14.9. The van der Waals surface area contributed by atoms with Gasteiger partial charge >= 0.3 is 0 Å². The van der Waals surface area contributed by atoms with Crippen molar-refractivity contribution in [2.75, 3.05) is 17.7 Å². The molecule has 0 aliphatic carbocycles. The number of nitrogens with zero attached hydrogens (tertiary/aromatic N) is 3. The summed E-state index contributed by atoms with van der Waals surface area (Å²) in [4.78, 5) is 4.48. The number of nitrogens with one attached hydrogen (secondary N) is 2. The number of methoxy groups -OCH3 is 1. The first-order valence-corrected chi connectivity index (χ1v) is 8.64. The van der Waals surface area contributed by atoms with Gasteiger partial charge in [0.25, 0.3) is 0 Å². The first-order valence-electron chi connectivity index (χ1n) is 8.26. The maximum Gasteiger partial charge on any atom is 0.249 e. The molecular formula is C19H20ClN5O. The molecule has 0 aliphatic heterocycles. The minimum absolute atomic E-state index is 0.365. The number of para-hydroxylation sites is 1. The summed E-state index contributed by atoms with van der Waals surface area (Å²) in [5.41, 5.74) is 3.85. The SMILES string of the molecule is CCc1ccccc1Nc1cnnc(Nc2cc(C)c(Cl)cc2OC)n1. The molecule has 6 nitrogen and oxygen atoms in total. The summed E-state index contributed by atoms with van der Waals surface area (Å²) < 4.78 is 5.37. The second kappa shape index (κ2) is 8.01. The van der Waals surface area contributed by atoms with E-state index in [0.29, 0.717) is 22.5 Å². The quantitative estimate of drug-likeness (QED) is 0.644. The summed E-state index contributed by atoms with van der Waals surface area (Å²) in [5, 5.41) is 15.1. The number of benzene rings is 2. The second-order valence-corrected chi connectivity index (χ2v) is 6.13. The lowest BCUT2D eigenvalue weighted by Gasteiger charge is -2.13. The predicted molar refractivity (Wildman–Crippen MR) is 105 cm³/mol. The Labute approximate surface area is 157 Å². The normalized spacial score (nSPS) is 10.5. The van der Waals surface area contributed by atoms with Gasteiger partial charge in [-0.1, -0.05) is 36.7 Å². The molecule has 26 heavy (non-hydrogen) atoms. The molecule has 2 aromatic carbocycles. The summed E-state index contributed by atoms with van der Waals surface area (Å²) in [6.07, 6.45) is 2.51. The van der Waals surface area contributed by atoms with Gasteiger partial charge in [0.2, 0.25) is 5.95 Å². The number of aryl methyl sites for hydroxylation is 2. The molecule has 7 heteroatoms. The maximum atomic E-state index is 6.15. The molecule has 0 aliphatic rings. The zero-order chi connectivity index (χ0) is 18.5. The fourth-order valence-electron chi connectivity index (χ4n) is 2.56. The summed E-state index contributed by atoms with van der Waals surface area (Å²) in [5.74, 6) is 1.58. The lowest BCUT2D eigenvalue weighted by atomic mass is 10.1. The van der Waals surface area contributed by atoms with E-state index < -0.39 is 0 Å². The van der Waals surface area contributed by atoms with Crippen LogP contribution in [0.2, 0.25) is 5.02 Å². The van der Waals surface area contributed by atoms with Crippen LogP contribution in [-0.2, 0) is 6.42 Å². The largest absolute Gasteiger partial charge is 0.495 e. The van der Waals surface area contributed by atoms with Crippen LogP contribution >= 0.6 is 11.6 Å². The van der Waals surface area contributed by atoms with Gasteiger partial charge in [0.05, 0.1) is 19.0 Å². The minimum Gasteiger partial charge on any atom is -0.495 e. The molecule has 3 rings (SSSR count).